The monoisotopic (exact) mass is 517 g/mol. The number of nitrogens with zero attached hydrogens (tertiary/aromatic N) is 3. The van der Waals surface area contributed by atoms with E-state index in [4.69, 9.17) is 20.2 Å². The second kappa shape index (κ2) is 10.7. The molecule has 38 heavy (non-hydrogen) atoms. The summed E-state index contributed by atoms with van der Waals surface area (Å²) in [6, 6.07) is 15.7. The first kappa shape index (κ1) is 24.8. The lowest BCUT2D eigenvalue weighted by Gasteiger charge is -2.43. The molecule has 0 amide bonds. The van der Waals surface area contributed by atoms with E-state index in [0.29, 0.717) is 36.9 Å². The molecule has 0 saturated carbocycles. The molecule has 0 spiro atoms. The third-order valence-electron chi connectivity index (χ3n) is 7.20. The van der Waals surface area contributed by atoms with Crippen molar-refractivity contribution in [3.05, 3.63) is 78.1 Å². The number of rotatable bonds is 6. The van der Waals surface area contributed by atoms with Crippen LogP contribution in [-0.4, -0.2) is 55.1 Å². The number of aromatic nitrogens is 2. The Balaban J connectivity index is 1.49. The summed E-state index contributed by atoms with van der Waals surface area (Å²) in [6.45, 7) is 3.39. The molecule has 196 valence electrons. The minimum Gasteiger partial charge on any atom is -0.373 e. The van der Waals surface area contributed by atoms with Gasteiger partial charge in [0.15, 0.2) is 0 Å². The lowest BCUT2D eigenvalue weighted by Crippen LogP contribution is -2.57. The maximum Gasteiger partial charge on any atom is 0.126 e. The van der Waals surface area contributed by atoms with Crippen molar-refractivity contribution in [3.63, 3.8) is 0 Å². The van der Waals surface area contributed by atoms with Crippen molar-refractivity contribution in [2.24, 2.45) is 5.73 Å². The van der Waals surface area contributed by atoms with Crippen LogP contribution in [0.4, 0.5) is 14.5 Å². The van der Waals surface area contributed by atoms with Gasteiger partial charge in [-0.1, -0.05) is 12.1 Å². The fraction of sp³-hybridized carbons (Fsp3) is 0.310. The van der Waals surface area contributed by atoms with Crippen LogP contribution < -0.4 is 16.0 Å². The third-order valence-corrected chi connectivity index (χ3v) is 7.20. The zero-order valence-electron chi connectivity index (χ0n) is 20.9. The van der Waals surface area contributed by atoms with Gasteiger partial charge >= 0.3 is 0 Å². The summed E-state index contributed by atoms with van der Waals surface area (Å²) >= 11 is 0. The van der Waals surface area contributed by atoms with Gasteiger partial charge in [-0.05, 0) is 48.4 Å². The van der Waals surface area contributed by atoms with E-state index < -0.39 is 11.6 Å². The van der Waals surface area contributed by atoms with E-state index in [1.54, 1.807) is 6.20 Å². The van der Waals surface area contributed by atoms with E-state index in [2.05, 4.69) is 21.3 Å². The number of ether oxygens (including phenoxy) is 2. The second-order valence-corrected chi connectivity index (χ2v) is 9.64. The Morgan fingerprint density at radius 1 is 1.08 bits per heavy atom. The number of nitrogens with one attached hydrogen (secondary N) is 1. The Labute approximate surface area is 219 Å². The summed E-state index contributed by atoms with van der Waals surface area (Å²) < 4.78 is 40.0. The molecule has 4 aromatic rings. The van der Waals surface area contributed by atoms with E-state index >= 15 is 0 Å². The highest BCUT2D eigenvalue weighted by Crippen LogP contribution is 2.40. The Morgan fingerprint density at radius 3 is 2.79 bits per heavy atom. The van der Waals surface area contributed by atoms with Gasteiger partial charge in [0.25, 0.3) is 0 Å². The molecule has 2 fully saturated rings. The van der Waals surface area contributed by atoms with Crippen molar-refractivity contribution in [1.82, 2.24) is 15.3 Å². The van der Waals surface area contributed by atoms with Crippen LogP contribution in [0.1, 0.15) is 12.1 Å². The van der Waals surface area contributed by atoms with Gasteiger partial charge in [0.1, 0.15) is 11.6 Å². The minimum absolute atomic E-state index is 0.0295. The summed E-state index contributed by atoms with van der Waals surface area (Å²) in [5.74, 6) is -1.25. The lowest BCUT2D eigenvalue weighted by atomic mass is 9.95. The standard InChI is InChI=1S/C29H29F2N5O2/c30-20-10-19(11-21(31)13-20)24-14-34-26-5-4-18(25-3-1-2-22(35-25)16-37-17-32)12-23(26)29(24)36-8-6-27-28(15-36)38-9-7-33-27/h1-5,10-14,27-28,33H,6-9,15-17,32H2/t27?,28-/m1/s1. The molecule has 3 N–H and O–H groups in total. The number of hydrogen-bond donors (Lipinski definition) is 2. The number of nitrogens with two attached hydrogens (primary N) is 1. The van der Waals surface area contributed by atoms with Gasteiger partial charge in [-0.2, -0.15) is 0 Å². The van der Waals surface area contributed by atoms with Crippen molar-refractivity contribution < 1.29 is 18.3 Å². The van der Waals surface area contributed by atoms with Crippen molar-refractivity contribution >= 4 is 16.6 Å². The van der Waals surface area contributed by atoms with Crippen LogP contribution in [0, 0.1) is 11.6 Å². The first-order chi connectivity index (χ1) is 18.6. The lowest BCUT2D eigenvalue weighted by molar-refractivity contribution is -0.00896. The zero-order valence-corrected chi connectivity index (χ0v) is 20.9. The number of anilines is 1. The molecule has 0 bridgehead atoms. The molecular formula is C29H29F2N5O2. The van der Waals surface area contributed by atoms with Crippen LogP contribution in [0.5, 0.6) is 0 Å². The van der Waals surface area contributed by atoms with E-state index in [1.165, 1.54) is 12.1 Å². The average molecular weight is 518 g/mol. The smallest absolute Gasteiger partial charge is 0.126 e. The highest BCUT2D eigenvalue weighted by atomic mass is 19.1. The number of fused-ring (bicyclic) bond motifs is 2. The molecule has 7 nitrogen and oxygen atoms in total. The summed E-state index contributed by atoms with van der Waals surface area (Å²) in [7, 11) is 0. The topological polar surface area (TPSA) is 85.5 Å². The largest absolute Gasteiger partial charge is 0.373 e. The number of benzene rings is 2. The molecule has 4 heterocycles. The highest BCUT2D eigenvalue weighted by Gasteiger charge is 2.33. The van der Waals surface area contributed by atoms with E-state index in [1.807, 2.05) is 30.3 Å². The molecule has 2 aromatic carbocycles. The fourth-order valence-electron chi connectivity index (χ4n) is 5.46. The maximum absolute atomic E-state index is 14.3. The number of halogens is 2. The Bertz CT molecular complexity index is 1450. The normalized spacial score (nSPS) is 19.5. The van der Waals surface area contributed by atoms with E-state index in [-0.39, 0.29) is 12.8 Å². The maximum atomic E-state index is 14.3. The van der Waals surface area contributed by atoms with E-state index in [0.717, 1.165) is 59.1 Å². The van der Waals surface area contributed by atoms with Gasteiger partial charge in [0.2, 0.25) is 0 Å². The minimum atomic E-state index is -0.626. The number of piperidine rings is 1. The SMILES string of the molecule is NCOCc1cccc(-c2ccc3ncc(-c4cc(F)cc(F)c4)c(N4CCC5NCCO[C@@H]5C4)c3c2)n1. The summed E-state index contributed by atoms with van der Waals surface area (Å²) in [4.78, 5) is 11.7. The van der Waals surface area contributed by atoms with Crippen molar-refractivity contribution in [1.29, 1.82) is 0 Å². The Kier molecular flexibility index (Phi) is 6.99. The summed E-state index contributed by atoms with van der Waals surface area (Å²) in [5, 5.41) is 4.44. The van der Waals surface area contributed by atoms with Crippen molar-refractivity contribution in [2.75, 3.05) is 37.9 Å². The summed E-state index contributed by atoms with van der Waals surface area (Å²) in [5.41, 5.74) is 10.7. The van der Waals surface area contributed by atoms with Crippen molar-refractivity contribution in [2.45, 2.75) is 25.2 Å². The molecule has 6 rings (SSSR count). The summed E-state index contributed by atoms with van der Waals surface area (Å²) in [6.07, 6.45) is 2.64. The number of pyridine rings is 2. The number of hydrogen-bond acceptors (Lipinski definition) is 7. The highest BCUT2D eigenvalue weighted by molar-refractivity contribution is 6.01. The average Bonchev–Trinajstić information content (AvgIpc) is 2.94. The predicted octanol–water partition coefficient (Wildman–Crippen LogP) is 4.24. The van der Waals surface area contributed by atoms with Crippen LogP contribution in [0.2, 0.25) is 0 Å². The van der Waals surface area contributed by atoms with Crippen LogP contribution in [-0.2, 0) is 16.1 Å². The van der Waals surface area contributed by atoms with Gasteiger partial charge in [-0.15, -0.1) is 0 Å². The molecule has 1 unspecified atom stereocenters. The molecule has 9 heteroatoms. The molecule has 0 aliphatic carbocycles. The van der Waals surface area contributed by atoms with Gasteiger partial charge in [-0.25, -0.2) is 8.78 Å². The molecule has 2 aromatic heterocycles. The second-order valence-electron chi connectivity index (χ2n) is 9.64. The van der Waals surface area contributed by atoms with Crippen LogP contribution in [0.15, 0.2) is 60.8 Å². The first-order valence-electron chi connectivity index (χ1n) is 12.8. The van der Waals surface area contributed by atoms with Crippen LogP contribution in [0.25, 0.3) is 33.3 Å². The van der Waals surface area contributed by atoms with Crippen LogP contribution >= 0.6 is 0 Å². The van der Waals surface area contributed by atoms with Gasteiger partial charge in [0, 0.05) is 54.5 Å². The van der Waals surface area contributed by atoms with Crippen molar-refractivity contribution in [3.8, 4) is 22.4 Å². The Morgan fingerprint density at radius 2 is 1.95 bits per heavy atom. The third kappa shape index (κ3) is 4.98. The molecule has 2 atom stereocenters. The zero-order chi connectivity index (χ0) is 26.1. The molecule has 0 radical (unpaired) electrons. The molecule has 2 saturated heterocycles. The number of morpholine rings is 1. The van der Waals surface area contributed by atoms with E-state index in [9.17, 15) is 8.78 Å². The molecule has 2 aliphatic rings. The van der Waals surface area contributed by atoms with Gasteiger partial charge < -0.3 is 25.4 Å². The first-order valence-corrected chi connectivity index (χ1v) is 12.8. The van der Waals surface area contributed by atoms with Crippen LogP contribution in [0.3, 0.4) is 0 Å². The molecular weight excluding hydrogens is 488 g/mol. The predicted molar refractivity (Wildman–Crippen MR) is 143 cm³/mol. The Hall–Kier alpha value is -3.50. The molecule has 2 aliphatic heterocycles. The van der Waals surface area contributed by atoms with Gasteiger partial charge in [0.05, 0.1) is 48.6 Å². The quantitative estimate of drug-likeness (QED) is 0.370. The fourth-order valence-corrected chi connectivity index (χ4v) is 5.46. The van der Waals surface area contributed by atoms with Gasteiger partial charge in [-0.3, -0.25) is 9.97 Å².